The van der Waals surface area contributed by atoms with Crippen molar-refractivity contribution in [3.05, 3.63) is 28.8 Å². The summed E-state index contributed by atoms with van der Waals surface area (Å²) in [7, 11) is 3.29. The summed E-state index contributed by atoms with van der Waals surface area (Å²) in [6, 6.07) is 3.57. The molecule has 1 unspecified atom stereocenters. The highest BCUT2D eigenvalue weighted by Crippen LogP contribution is 2.23. The average Bonchev–Trinajstić information content (AvgIpc) is 2.31. The number of ether oxygens (including phenoxy) is 1. The minimum Gasteiger partial charge on any atom is -0.496 e. The van der Waals surface area contributed by atoms with Gasteiger partial charge in [-0.15, -0.1) is 0 Å². The third kappa shape index (κ3) is 3.05. The molecule has 0 bridgehead atoms. The van der Waals surface area contributed by atoms with Crippen LogP contribution in [0.25, 0.3) is 0 Å². The molecular formula is C13H19NO3. The Labute approximate surface area is 102 Å². The molecule has 1 aromatic carbocycles. The van der Waals surface area contributed by atoms with E-state index < -0.39 is 6.10 Å². The molecule has 0 amide bonds. The molecule has 2 N–H and O–H groups in total. The topological polar surface area (TPSA) is 58.6 Å². The number of methoxy groups -OCH3 is 1. The molecule has 17 heavy (non-hydrogen) atoms. The molecule has 0 aliphatic heterocycles. The van der Waals surface area contributed by atoms with E-state index in [1.807, 2.05) is 19.9 Å². The van der Waals surface area contributed by atoms with E-state index >= 15 is 0 Å². The van der Waals surface area contributed by atoms with Gasteiger partial charge in [0.05, 0.1) is 7.11 Å². The fraction of sp³-hybridized carbons (Fsp3) is 0.462. The third-order valence-corrected chi connectivity index (χ3v) is 2.71. The molecule has 4 nitrogen and oxygen atoms in total. The van der Waals surface area contributed by atoms with Crippen LogP contribution in [0, 0.1) is 13.8 Å². The molecule has 0 radical (unpaired) electrons. The monoisotopic (exact) mass is 237 g/mol. The van der Waals surface area contributed by atoms with Gasteiger partial charge in [0, 0.05) is 12.1 Å². The Kier molecular flexibility index (Phi) is 4.66. The molecule has 0 fully saturated rings. The van der Waals surface area contributed by atoms with Crippen LogP contribution in [0.4, 0.5) is 0 Å². The quantitative estimate of drug-likeness (QED) is 0.752. The maximum Gasteiger partial charge on any atom is 0.192 e. The molecule has 0 aromatic heterocycles. The van der Waals surface area contributed by atoms with Gasteiger partial charge < -0.3 is 15.2 Å². The first kappa shape index (κ1) is 13.7. The number of likely N-dealkylation sites (N-methyl/N-ethyl adjacent to an activating group) is 1. The Balaban J connectivity index is 3.06. The molecule has 0 saturated carbocycles. The number of nitrogens with one attached hydrogen (secondary N) is 1. The van der Waals surface area contributed by atoms with Crippen molar-refractivity contribution in [1.82, 2.24) is 5.32 Å². The zero-order chi connectivity index (χ0) is 13.0. The zero-order valence-electron chi connectivity index (χ0n) is 10.7. The second-order valence-corrected chi connectivity index (χ2v) is 4.07. The summed E-state index contributed by atoms with van der Waals surface area (Å²) in [5.74, 6) is 0.491. The highest BCUT2D eigenvalue weighted by molar-refractivity contribution is 6.01. The number of ketones is 1. The van der Waals surface area contributed by atoms with E-state index in [2.05, 4.69) is 5.32 Å². The average molecular weight is 237 g/mol. The fourth-order valence-corrected chi connectivity index (χ4v) is 1.74. The first-order chi connectivity index (χ1) is 8.01. The summed E-state index contributed by atoms with van der Waals surface area (Å²) in [5, 5.41) is 12.4. The minimum absolute atomic E-state index is 0.253. The molecule has 1 rings (SSSR count). The molecule has 4 heteroatoms. The smallest absolute Gasteiger partial charge is 0.192 e. The summed E-state index contributed by atoms with van der Waals surface area (Å²) in [5.41, 5.74) is 2.25. The van der Waals surface area contributed by atoms with E-state index in [-0.39, 0.29) is 12.3 Å². The Morgan fingerprint density at radius 3 is 2.59 bits per heavy atom. The molecule has 0 saturated heterocycles. The van der Waals surface area contributed by atoms with Crippen molar-refractivity contribution in [2.45, 2.75) is 20.0 Å². The van der Waals surface area contributed by atoms with Crippen molar-refractivity contribution < 1.29 is 14.6 Å². The molecule has 0 aliphatic carbocycles. The van der Waals surface area contributed by atoms with Crippen LogP contribution in [0.15, 0.2) is 12.1 Å². The number of carbonyl (C=O) groups excluding carboxylic acids is 1. The van der Waals surface area contributed by atoms with Gasteiger partial charge in [-0.1, -0.05) is 0 Å². The van der Waals surface area contributed by atoms with Crippen LogP contribution in [0.2, 0.25) is 0 Å². The van der Waals surface area contributed by atoms with Gasteiger partial charge in [-0.3, -0.25) is 4.79 Å². The van der Waals surface area contributed by atoms with Gasteiger partial charge in [0.1, 0.15) is 11.9 Å². The summed E-state index contributed by atoms with van der Waals surface area (Å²) in [6.45, 7) is 3.96. The number of carbonyl (C=O) groups is 1. The van der Waals surface area contributed by atoms with Crippen LogP contribution in [0.1, 0.15) is 21.5 Å². The highest BCUT2D eigenvalue weighted by Gasteiger charge is 2.19. The lowest BCUT2D eigenvalue weighted by molar-refractivity contribution is 0.0749. The Morgan fingerprint density at radius 2 is 2.06 bits per heavy atom. The van der Waals surface area contributed by atoms with Crippen LogP contribution in [-0.2, 0) is 0 Å². The largest absolute Gasteiger partial charge is 0.496 e. The number of aryl methyl sites for hydroxylation is 2. The predicted octanol–water partition coefficient (Wildman–Crippen LogP) is 1.08. The Bertz CT molecular complexity index is 415. The second kappa shape index (κ2) is 5.80. The number of hydrogen-bond donors (Lipinski definition) is 2. The number of Topliss-reactive ketones (excluding diaryl/α,β-unsaturated/α-hetero) is 1. The molecule has 0 spiro atoms. The normalized spacial score (nSPS) is 12.3. The van der Waals surface area contributed by atoms with E-state index in [0.29, 0.717) is 5.56 Å². The molecule has 1 atom stereocenters. The maximum absolute atomic E-state index is 12.0. The van der Waals surface area contributed by atoms with Crippen molar-refractivity contribution in [1.29, 1.82) is 0 Å². The van der Waals surface area contributed by atoms with Crippen molar-refractivity contribution in [2.75, 3.05) is 20.7 Å². The van der Waals surface area contributed by atoms with Crippen LogP contribution in [0.5, 0.6) is 5.75 Å². The summed E-state index contributed by atoms with van der Waals surface area (Å²) < 4.78 is 5.18. The van der Waals surface area contributed by atoms with Crippen molar-refractivity contribution in [2.24, 2.45) is 0 Å². The molecular weight excluding hydrogens is 218 g/mol. The standard InChI is InChI=1S/C13H19NO3/c1-8-6-12(17-4)9(2)5-10(8)13(16)11(15)7-14-3/h5-6,11,14-15H,7H2,1-4H3. The molecule has 1 aromatic rings. The van der Waals surface area contributed by atoms with Gasteiger partial charge in [0.2, 0.25) is 0 Å². The highest BCUT2D eigenvalue weighted by atomic mass is 16.5. The van der Waals surface area contributed by atoms with E-state index in [1.54, 1.807) is 20.2 Å². The molecule has 0 aliphatic rings. The third-order valence-electron chi connectivity index (χ3n) is 2.71. The SMILES string of the molecule is CNCC(O)C(=O)c1cc(C)c(OC)cc1C. The summed E-state index contributed by atoms with van der Waals surface area (Å²) in [4.78, 5) is 12.0. The van der Waals surface area contributed by atoms with Crippen LogP contribution in [0.3, 0.4) is 0 Å². The van der Waals surface area contributed by atoms with Gasteiger partial charge in [-0.2, -0.15) is 0 Å². The van der Waals surface area contributed by atoms with Crippen molar-refractivity contribution >= 4 is 5.78 Å². The lowest BCUT2D eigenvalue weighted by Crippen LogP contribution is -2.31. The number of rotatable bonds is 5. The zero-order valence-corrected chi connectivity index (χ0v) is 10.7. The van der Waals surface area contributed by atoms with Crippen molar-refractivity contribution in [3.63, 3.8) is 0 Å². The van der Waals surface area contributed by atoms with Crippen molar-refractivity contribution in [3.8, 4) is 5.75 Å². The van der Waals surface area contributed by atoms with Gasteiger partial charge in [-0.25, -0.2) is 0 Å². The lowest BCUT2D eigenvalue weighted by atomic mass is 9.98. The van der Waals surface area contributed by atoms with Gasteiger partial charge >= 0.3 is 0 Å². The first-order valence-corrected chi connectivity index (χ1v) is 5.53. The first-order valence-electron chi connectivity index (χ1n) is 5.53. The van der Waals surface area contributed by atoms with E-state index in [0.717, 1.165) is 16.9 Å². The van der Waals surface area contributed by atoms with E-state index in [1.165, 1.54) is 0 Å². The Morgan fingerprint density at radius 1 is 1.41 bits per heavy atom. The van der Waals surface area contributed by atoms with E-state index in [9.17, 15) is 9.90 Å². The summed E-state index contributed by atoms with van der Waals surface area (Å²) >= 11 is 0. The number of benzene rings is 1. The van der Waals surface area contributed by atoms with Gasteiger partial charge in [0.15, 0.2) is 5.78 Å². The molecule has 0 heterocycles. The lowest BCUT2D eigenvalue weighted by Gasteiger charge is -2.13. The van der Waals surface area contributed by atoms with E-state index in [4.69, 9.17) is 4.74 Å². The maximum atomic E-state index is 12.0. The van der Waals surface area contributed by atoms with Gasteiger partial charge in [0.25, 0.3) is 0 Å². The number of aliphatic hydroxyl groups is 1. The minimum atomic E-state index is -1.01. The predicted molar refractivity (Wildman–Crippen MR) is 66.7 cm³/mol. The van der Waals surface area contributed by atoms with Crippen LogP contribution < -0.4 is 10.1 Å². The fourth-order valence-electron chi connectivity index (χ4n) is 1.74. The van der Waals surface area contributed by atoms with Crippen LogP contribution >= 0.6 is 0 Å². The number of hydrogen-bond acceptors (Lipinski definition) is 4. The second-order valence-electron chi connectivity index (χ2n) is 4.07. The summed E-state index contributed by atoms with van der Waals surface area (Å²) in [6.07, 6.45) is -1.01. The molecule has 94 valence electrons. The Hall–Kier alpha value is -1.39. The number of aliphatic hydroxyl groups excluding tert-OH is 1. The van der Waals surface area contributed by atoms with Crippen LogP contribution in [-0.4, -0.2) is 37.7 Å². The van der Waals surface area contributed by atoms with Gasteiger partial charge in [-0.05, 0) is 44.2 Å².